The molecule has 3 N–H and O–H groups in total. The Labute approximate surface area is 110 Å². The molecule has 5 heteroatoms. The van der Waals surface area contributed by atoms with Crippen LogP contribution in [0.5, 0.6) is 0 Å². The molecule has 102 valence electrons. The van der Waals surface area contributed by atoms with E-state index in [1.54, 1.807) is 6.07 Å². The van der Waals surface area contributed by atoms with Crippen molar-refractivity contribution in [3.63, 3.8) is 0 Å². The van der Waals surface area contributed by atoms with Gasteiger partial charge in [-0.1, -0.05) is 38.1 Å². The summed E-state index contributed by atoms with van der Waals surface area (Å²) >= 11 is 0. The first-order valence-corrected chi connectivity index (χ1v) is 7.83. The van der Waals surface area contributed by atoms with Crippen LogP contribution in [0.15, 0.2) is 24.3 Å². The molecule has 0 bridgehead atoms. The van der Waals surface area contributed by atoms with E-state index in [4.69, 9.17) is 5.73 Å². The van der Waals surface area contributed by atoms with Crippen molar-refractivity contribution in [2.75, 3.05) is 6.54 Å². The van der Waals surface area contributed by atoms with Crippen molar-refractivity contribution in [2.24, 2.45) is 11.7 Å². The lowest BCUT2D eigenvalue weighted by atomic mass is 10.1. The van der Waals surface area contributed by atoms with Crippen LogP contribution in [-0.2, 0) is 22.3 Å². The molecular formula is C13H22N2O2S. The van der Waals surface area contributed by atoms with Crippen LogP contribution in [-0.4, -0.2) is 15.0 Å². The molecule has 0 atom stereocenters. The maximum atomic E-state index is 11.8. The zero-order chi connectivity index (χ0) is 13.6. The highest BCUT2D eigenvalue weighted by molar-refractivity contribution is 7.88. The summed E-state index contributed by atoms with van der Waals surface area (Å²) in [6, 6.07) is 7.37. The SMILES string of the molecule is CC(C)CCNS(=O)(=O)Cc1cccc(CN)c1. The summed E-state index contributed by atoms with van der Waals surface area (Å²) in [5, 5.41) is 0. The van der Waals surface area contributed by atoms with E-state index in [1.165, 1.54) is 0 Å². The van der Waals surface area contributed by atoms with Gasteiger partial charge in [-0.2, -0.15) is 0 Å². The number of benzene rings is 1. The first kappa shape index (κ1) is 15.1. The third-order valence-electron chi connectivity index (χ3n) is 2.63. The van der Waals surface area contributed by atoms with E-state index in [0.29, 0.717) is 19.0 Å². The Kier molecular flexibility index (Phi) is 5.78. The normalized spacial score (nSPS) is 12.0. The minimum Gasteiger partial charge on any atom is -0.326 e. The van der Waals surface area contributed by atoms with Gasteiger partial charge in [-0.3, -0.25) is 0 Å². The smallest absolute Gasteiger partial charge is 0.215 e. The Balaban J connectivity index is 2.59. The van der Waals surface area contributed by atoms with Crippen molar-refractivity contribution in [3.8, 4) is 0 Å². The molecule has 1 aromatic carbocycles. The lowest BCUT2D eigenvalue weighted by Crippen LogP contribution is -2.27. The predicted octanol–water partition coefficient (Wildman–Crippen LogP) is 1.61. The van der Waals surface area contributed by atoms with Gasteiger partial charge in [0.25, 0.3) is 0 Å². The highest BCUT2D eigenvalue weighted by Crippen LogP contribution is 2.08. The molecule has 0 heterocycles. The van der Waals surface area contributed by atoms with Gasteiger partial charge in [0.05, 0.1) is 5.75 Å². The molecule has 0 aromatic heterocycles. The van der Waals surface area contributed by atoms with E-state index >= 15 is 0 Å². The van der Waals surface area contributed by atoms with E-state index < -0.39 is 10.0 Å². The van der Waals surface area contributed by atoms with Crippen LogP contribution < -0.4 is 10.5 Å². The Morgan fingerprint density at radius 1 is 1.28 bits per heavy atom. The lowest BCUT2D eigenvalue weighted by molar-refractivity contribution is 0.551. The zero-order valence-corrected chi connectivity index (χ0v) is 11.8. The van der Waals surface area contributed by atoms with Gasteiger partial charge in [-0.25, -0.2) is 13.1 Å². The van der Waals surface area contributed by atoms with Crippen molar-refractivity contribution in [1.82, 2.24) is 4.72 Å². The standard InChI is InChI=1S/C13H22N2O2S/c1-11(2)6-7-15-18(16,17)10-13-5-3-4-12(8-13)9-14/h3-5,8,11,15H,6-7,9-10,14H2,1-2H3. The van der Waals surface area contributed by atoms with E-state index in [9.17, 15) is 8.42 Å². The molecule has 0 spiro atoms. The van der Waals surface area contributed by atoms with Gasteiger partial charge >= 0.3 is 0 Å². The summed E-state index contributed by atoms with van der Waals surface area (Å²) in [6.07, 6.45) is 0.849. The van der Waals surface area contributed by atoms with Crippen LogP contribution in [0.2, 0.25) is 0 Å². The predicted molar refractivity (Wildman–Crippen MR) is 74.4 cm³/mol. The van der Waals surface area contributed by atoms with E-state index in [2.05, 4.69) is 18.6 Å². The monoisotopic (exact) mass is 270 g/mol. The van der Waals surface area contributed by atoms with Crippen molar-refractivity contribution in [3.05, 3.63) is 35.4 Å². The fraction of sp³-hybridized carbons (Fsp3) is 0.538. The third kappa shape index (κ3) is 5.62. The van der Waals surface area contributed by atoms with Crippen molar-refractivity contribution < 1.29 is 8.42 Å². The number of sulfonamides is 1. The number of nitrogens with one attached hydrogen (secondary N) is 1. The summed E-state index contributed by atoms with van der Waals surface area (Å²) < 4.78 is 26.3. The average Bonchev–Trinajstić information content (AvgIpc) is 2.27. The van der Waals surface area contributed by atoms with Gasteiger partial charge < -0.3 is 5.73 Å². The molecule has 1 aromatic rings. The lowest BCUT2D eigenvalue weighted by Gasteiger charge is -2.09. The highest BCUT2D eigenvalue weighted by Gasteiger charge is 2.11. The number of nitrogens with two attached hydrogens (primary N) is 1. The summed E-state index contributed by atoms with van der Waals surface area (Å²) in [5.74, 6) is 0.507. The molecule has 0 saturated heterocycles. The molecule has 0 aliphatic carbocycles. The third-order valence-corrected chi connectivity index (χ3v) is 3.98. The molecule has 0 fully saturated rings. The average molecular weight is 270 g/mol. The molecule has 18 heavy (non-hydrogen) atoms. The maximum Gasteiger partial charge on any atom is 0.215 e. The van der Waals surface area contributed by atoms with E-state index in [1.807, 2.05) is 18.2 Å². The molecular weight excluding hydrogens is 248 g/mol. The summed E-state index contributed by atoms with van der Waals surface area (Å²) in [5.41, 5.74) is 7.25. The topological polar surface area (TPSA) is 72.2 Å². The second kappa shape index (κ2) is 6.87. The van der Waals surface area contributed by atoms with Crippen LogP contribution in [0.25, 0.3) is 0 Å². The van der Waals surface area contributed by atoms with Gasteiger partial charge in [-0.05, 0) is 23.5 Å². The van der Waals surface area contributed by atoms with Crippen LogP contribution >= 0.6 is 0 Å². The summed E-state index contributed by atoms with van der Waals surface area (Å²) in [4.78, 5) is 0. The van der Waals surface area contributed by atoms with Crippen LogP contribution in [0, 0.1) is 5.92 Å². The molecule has 1 rings (SSSR count). The Morgan fingerprint density at radius 2 is 1.94 bits per heavy atom. The van der Waals surface area contributed by atoms with E-state index in [-0.39, 0.29) is 5.75 Å². The maximum absolute atomic E-state index is 11.8. The Morgan fingerprint density at radius 3 is 2.56 bits per heavy atom. The summed E-state index contributed by atoms with van der Waals surface area (Å²) in [6.45, 7) is 5.06. The van der Waals surface area contributed by atoms with Crippen molar-refractivity contribution >= 4 is 10.0 Å². The van der Waals surface area contributed by atoms with Crippen molar-refractivity contribution in [1.29, 1.82) is 0 Å². The quantitative estimate of drug-likeness (QED) is 0.790. The fourth-order valence-corrected chi connectivity index (χ4v) is 2.77. The van der Waals surface area contributed by atoms with Gasteiger partial charge in [0.15, 0.2) is 0 Å². The Bertz CT molecular complexity index is 470. The van der Waals surface area contributed by atoms with Gasteiger partial charge in [0, 0.05) is 13.1 Å². The largest absolute Gasteiger partial charge is 0.326 e. The van der Waals surface area contributed by atoms with Gasteiger partial charge in [0.2, 0.25) is 10.0 Å². The zero-order valence-electron chi connectivity index (χ0n) is 11.0. The molecule has 0 aliphatic heterocycles. The number of rotatable bonds is 7. The Hall–Kier alpha value is -0.910. The number of hydrogen-bond donors (Lipinski definition) is 2. The van der Waals surface area contributed by atoms with Crippen LogP contribution in [0.4, 0.5) is 0 Å². The van der Waals surface area contributed by atoms with Gasteiger partial charge in [-0.15, -0.1) is 0 Å². The van der Waals surface area contributed by atoms with Crippen molar-refractivity contribution in [2.45, 2.75) is 32.6 Å². The molecule has 0 amide bonds. The van der Waals surface area contributed by atoms with Gasteiger partial charge in [0.1, 0.15) is 0 Å². The second-order valence-electron chi connectivity index (χ2n) is 4.86. The molecule has 0 radical (unpaired) electrons. The summed E-state index contributed by atoms with van der Waals surface area (Å²) in [7, 11) is -3.25. The molecule has 0 saturated carbocycles. The van der Waals surface area contributed by atoms with Crippen LogP contribution in [0.3, 0.4) is 0 Å². The highest BCUT2D eigenvalue weighted by atomic mass is 32.2. The van der Waals surface area contributed by atoms with E-state index in [0.717, 1.165) is 17.5 Å². The molecule has 0 aliphatic rings. The fourth-order valence-electron chi connectivity index (χ4n) is 1.62. The molecule has 4 nitrogen and oxygen atoms in total. The first-order chi connectivity index (χ1) is 8.43. The first-order valence-electron chi connectivity index (χ1n) is 6.18. The minimum atomic E-state index is -3.25. The van der Waals surface area contributed by atoms with Crippen LogP contribution in [0.1, 0.15) is 31.4 Å². The minimum absolute atomic E-state index is 0.0128. The molecule has 0 unspecified atom stereocenters. The number of hydrogen-bond acceptors (Lipinski definition) is 3. The second-order valence-corrected chi connectivity index (χ2v) is 6.67.